The number of benzene rings is 6. The third-order valence-corrected chi connectivity index (χ3v) is 22.5. The summed E-state index contributed by atoms with van der Waals surface area (Å²) < 4.78 is 193. The Labute approximate surface area is 734 Å². The Morgan fingerprint density at radius 3 is 1.50 bits per heavy atom. The van der Waals surface area contributed by atoms with Gasteiger partial charge in [0, 0.05) is 113 Å². The Balaban J connectivity index is 0.000000286. The minimum atomic E-state index is -4.47. The molecule has 1 unspecified atom stereocenters. The number of fused-ring (bicyclic) bond motifs is 2. The first-order valence-corrected chi connectivity index (χ1v) is 55.0. The van der Waals surface area contributed by atoms with E-state index in [1.165, 1.54) is 126 Å². The first-order valence-electron chi connectivity index (χ1n) is 29.9. The van der Waals surface area contributed by atoms with Gasteiger partial charge in [0.1, 0.15) is 40.5 Å². The topological polar surface area (TPSA) is 264 Å². The number of methoxy groups -OCH3 is 4. The van der Waals surface area contributed by atoms with E-state index in [9.17, 15) is 43.2 Å². The molecule has 4 aromatic heterocycles. The van der Waals surface area contributed by atoms with E-state index in [0.29, 0.717) is 60.6 Å². The maximum absolute atomic E-state index is 14.1. The average Bonchev–Trinajstić information content (AvgIpc) is 1.58. The molecule has 544 valence electrons. The van der Waals surface area contributed by atoms with Crippen molar-refractivity contribution in [2.45, 2.75) is 85.9 Å². The second kappa shape index (κ2) is 41.1. The Bertz CT molecular complexity index is 4790. The molecule has 1 aliphatic heterocycles. The predicted molar refractivity (Wildman–Crippen MR) is 399 cm³/mol. The molecular formula is C62H60BBr2Cl2F6IK3N8O14PS4. The van der Waals surface area contributed by atoms with Crippen molar-refractivity contribution in [2.24, 2.45) is 14.1 Å². The molecule has 0 saturated carbocycles. The van der Waals surface area contributed by atoms with Crippen LogP contribution < -0.4 is 94.6 Å². The summed E-state index contributed by atoms with van der Waals surface area (Å²) in [6, 6.07) is 27.6. The zero-order valence-corrected chi connectivity index (χ0v) is 78.2. The molecule has 1 fully saturated rings. The van der Waals surface area contributed by atoms with Crippen LogP contribution in [0.5, 0.6) is 23.0 Å². The summed E-state index contributed by atoms with van der Waals surface area (Å²) >= 11 is 22.4. The van der Waals surface area contributed by atoms with Gasteiger partial charge in [0.15, 0.2) is 0 Å². The van der Waals surface area contributed by atoms with Crippen LogP contribution >= 0.6 is 109 Å². The van der Waals surface area contributed by atoms with Crippen LogP contribution in [0.4, 0.5) is 36.6 Å². The molecule has 0 bridgehead atoms. The summed E-state index contributed by atoms with van der Waals surface area (Å²) in [5, 5.41) is 10.5. The number of alkyl halides is 8. The van der Waals surface area contributed by atoms with Crippen LogP contribution in [0.1, 0.15) is 56.9 Å². The standard InChI is InChI=1S/C27H22BrF3N4O4S2.C26H31BN4O6S2.C7H3BrF3I.C2H4Cl2.3K.HO4P/c1-34-14-22(20-8-5-17(10-23(20)28)27(29,30)31)21-9-7-19(12-24(21)34)41(36,37)35(26-32-15-33-40-26)13-16-4-6-18(38-2)11-25(16)39-3;1-25(2)26(3,4)37-27(36-25)21-15-30(5)22-13-19(10-11-20(21)22)39(32,33)31(24-28-16-29-38-24)14-17-8-9-18(34-6)12-23(17)35-7;8-4-1-2-6(12)5(3-4)7(9,10)11;1-2(3)4;;;;1-4-5(2)3/h4-12,14-15H,13H2,1-3H3;8-13,15-16H,14H2,1-7H3;1-3H;2H,1H3;;;;1H/q;;;;;;+1;/p-1. The molecule has 0 amide bonds. The second-order valence-electron chi connectivity index (χ2n) is 22.3. The fourth-order valence-electron chi connectivity index (χ4n) is 9.67. The summed E-state index contributed by atoms with van der Waals surface area (Å²) in [7, 11) is -2.20. The molecule has 10 aromatic rings. The van der Waals surface area contributed by atoms with Crippen molar-refractivity contribution in [2.75, 3.05) is 37.0 Å². The predicted octanol–water partition coefficient (Wildman–Crippen LogP) is 11.1. The monoisotopic (exact) mass is 1900 g/mol. The van der Waals surface area contributed by atoms with Crippen molar-refractivity contribution in [3.63, 3.8) is 0 Å². The molecule has 104 heavy (non-hydrogen) atoms. The molecular weight excluding hydrogens is 1840 g/mol. The number of rotatable bonds is 17. The van der Waals surface area contributed by atoms with Crippen LogP contribution in [-0.4, -0.2) is 159 Å². The molecule has 1 atom stereocenters. The molecule has 0 spiro atoms. The summed E-state index contributed by atoms with van der Waals surface area (Å²) in [6.07, 6.45) is -2.45. The molecule has 0 N–H and O–H groups in total. The molecule has 6 aromatic carbocycles. The molecule has 1 aliphatic rings. The summed E-state index contributed by atoms with van der Waals surface area (Å²) in [5.41, 5.74) is 2.23. The summed E-state index contributed by atoms with van der Waals surface area (Å²) in [4.78, 5) is 17.1. The number of nitrogens with zero attached hydrogens (tertiary/aromatic N) is 8. The van der Waals surface area contributed by atoms with E-state index >= 15 is 0 Å². The van der Waals surface area contributed by atoms with Crippen molar-refractivity contribution in [1.82, 2.24) is 27.8 Å². The third kappa shape index (κ3) is 24.2. The van der Waals surface area contributed by atoms with Crippen molar-refractivity contribution in [3.8, 4) is 34.1 Å². The first kappa shape index (κ1) is 93.5. The molecule has 11 rings (SSSR count). The van der Waals surface area contributed by atoms with Crippen LogP contribution in [0.15, 0.2) is 153 Å². The van der Waals surface area contributed by atoms with Gasteiger partial charge >= 0.3 is 142 Å². The molecule has 0 aliphatic carbocycles. The van der Waals surface area contributed by atoms with Gasteiger partial charge in [-0.2, -0.15) is 35.1 Å². The van der Waals surface area contributed by atoms with E-state index in [2.05, 4.69) is 55.2 Å². The van der Waals surface area contributed by atoms with Crippen molar-refractivity contribution >= 4 is 237 Å². The normalized spacial score (nSPS) is 13.3. The number of aryl methyl sites for hydroxylation is 2. The maximum atomic E-state index is 14.1. The SMILES string of the molecule is CC(Cl)Cl.COc1ccc(CN(c2ncns2)S(=O)(=O)c2ccc3c(-c4ccc(C(F)(F)F)cc4Br)cn(C)c3c2)c(OC)c1.COc1ccc(CN(c2ncns2)S(=O)(=O)c2ccc3c(B4OC(C)(C)C(C)(C)O4)cn(C)c3c2)c(OC)c1.FC(F)(F)c1cc(Br)ccc1I.O=[P+]([O-])O[O-].[K+].[K][K]. The molecule has 22 nitrogen and oxygen atoms in total. The van der Waals surface area contributed by atoms with Gasteiger partial charge in [-0.25, -0.2) is 40.1 Å². The number of halogens is 11. The van der Waals surface area contributed by atoms with E-state index < -0.39 is 70.1 Å². The van der Waals surface area contributed by atoms with Crippen LogP contribution in [0, 0.1) is 3.57 Å². The number of hydrogen-bond donors (Lipinski definition) is 0. The van der Waals surface area contributed by atoms with Crippen molar-refractivity contribution in [3.05, 3.63) is 169 Å². The van der Waals surface area contributed by atoms with Crippen LogP contribution in [0.25, 0.3) is 32.9 Å². The van der Waals surface area contributed by atoms with Crippen molar-refractivity contribution < 1.29 is 142 Å². The van der Waals surface area contributed by atoms with E-state index in [4.69, 9.17) is 66.2 Å². The summed E-state index contributed by atoms with van der Waals surface area (Å²) in [5.74, 6) is 2.11. The van der Waals surface area contributed by atoms with E-state index in [0.717, 1.165) is 61.9 Å². The number of hydrogen-bond acceptors (Lipinski definition) is 20. The molecule has 1 saturated heterocycles. The van der Waals surface area contributed by atoms with Gasteiger partial charge in [-0.3, -0.25) is 0 Å². The van der Waals surface area contributed by atoms with Crippen LogP contribution in [-0.2, 0) is 78.1 Å². The minimum absolute atomic E-state index is 0. The van der Waals surface area contributed by atoms with Gasteiger partial charge in [-0.1, -0.05) is 50.1 Å². The number of anilines is 2. The Morgan fingerprint density at radius 2 is 1.12 bits per heavy atom. The zero-order chi connectivity index (χ0) is 76.9. The van der Waals surface area contributed by atoms with Gasteiger partial charge in [0.05, 0.1) is 73.6 Å². The second-order valence-corrected chi connectivity index (χ2v) is 32.6. The third-order valence-electron chi connectivity index (χ3n) is 15.3. The quantitative estimate of drug-likeness (QED) is 0.0156. The fourth-order valence-corrected chi connectivity index (χ4v) is 15.6. The Kier molecular flexibility index (Phi) is 37.0. The Hall–Kier alpha value is -1.06. The molecule has 0 radical (unpaired) electrons. The average molecular weight is 1900 g/mol. The zero-order valence-electron chi connectivity index (χ0n) is 57.8. The Morgan fingerprint density at radius 1 is 0.673 bits per heavy atom. The number of aromatic nitrogens is 6. The number of sulfonamides is 2. The van der Waals surface area contributed by atoms with E-state index in [-0.39, 0.29) is 97.4 Å². The van der Waals surface area contributed by atoms with Gasteiger partial charge in [-0.05, 0) is 152 Å². The first-order chi connectivity index (χ1) is 48.2. The van der Waals surface area contributed by atoms with Gasteiger partial charge in [0.2, 0.25) is 10.3 Å². The van der Waals surface area contributed by atoms with Gasteiger partial charge in [-0.15, -0.1) is 23.2 Å². The van der Waals surface area contributed by atoms with E-state index in [1.807, 2.05) is 45.5 Å². The van der Waals surface area contributed by atoms with Crippen LogP contribution in [0.2, 0.25) is 0 Å². The van der Waals surface area contributed by atoms with Gasteiger partial charge in [0.25, 0.3) is 20.0 Å². The fraction of sp³-hybridized carbons (Fsp3) is 0.290. The van der Waals surface area contributed by atoms with Crippen molar-refractivity contribution in [1.29, 1.82) is 0 Å². The summed E-state index contributed by atoms with van der Waals surface area (Å²) in [6.45, 7) is 9.62. The molecule has 5 heterocycles. The number of ether oxygens (including phenoxy) is 4. The van der Waals surface area contributed by atoms with E-state index in [1.54, 1.807) is 121 Å². The molecule has 42 heteroatoms. The van der Waals surface area contributed by atoms with Crippen LogP contribution in [0.3, 0.4) is 0 Å². The van der Waals surface area contributed by atoms with Gasteiger partial charge < -0.3 is 47.5 Å².